The van der Waals surface area contributed by atoms with E-state index in [0.717, 1.165) is 21.3 Å². The first-order chi connectivity index (χ1) is 11.7. The largest absolute Gasteiger partial charge is 0.496 e. The number of hydrogen-bond acceptors (Lipinski definition) is 3. The van der Waals surface area contributed by atoms with Crippen molar-refractivity contribution >= 4 is 21.8 Å². The molecule has 0 N–H and O–H groups in total. The van der Waals surface area contributed by atoms with Crippen LogP contribution in [0.2, 0.25) is 0 Å². The number of para-hydroxylation sites is 1. The smallest absolute Gasteiger partial charge is 0.227 e. The number of methoxy groups -OCH3 is 1. The topological polar surface area (TPSA) is 38.8 Å². The van der Waals surface area contributed by atoms with E-state index in [1.165, 1.54) is 0 Å². The summed E-state index contributed by atoms with van der Waals surface area (Å²) < 4.78 is 12.2. The highest BCUT2D eigenvalue weighted by molar-refractivity contribution is 9.10. The fourth-order valence-corrected chi connectivity index (χ4v) is 3.14. The Balaban J connectivity index is 1.68. The number of hydrogen-bond donors (Lipinski definition) is 0. The summed E-state index contributed by atoms with van der Waals surface area (Å²) in [5.74, 6) is 0.855. The van der Waals surface area contributed by atoms with Crippen molar-refractivity contribution < 1.29 is 14.3 Å². The fraction of sp³-hybridized carbons (Fsp3) is 0.316. The van der Waals surface area contributed by atoms with Gasteiger partial charge >= 0.3 is 0 Å². The second-order valence-electron chi connectivity index (χ2n) is 5.74. The number of carbonyl (C=O) groups excluding carboxylic acids is 1. The predicted octanol–water partition coefficient (Wildman–Crippen LogP) is 3.60. The molecule has 0 radical (unpaired) electrons. The molecule has 3 rings (SSSR count). The molecular weight excluding hydrogens is 370 g/mol. The van der Waals surface area contributed by atoms with E-state index >= 15 is 0 Å². The van der Waals surface area contributed by atoms with Crippen LogP contribution in [0, 0.1) is 0 Å². The number of morpholine rings is 1. The van der Waals surface area contributed by atoms with Gasteiger partial charge in [-0.25, -0.2) is 0 Å². The number of rotatable bonds is 4. The van der Waals surface area contributed by atoms with Crippen molar-refractivity contribution in [2.24, 2.45) is 0 Å². The monoisotopic (exact) mass is 389 g/mol. The van der Waals surface area contributed by atoms with Crippen LogP contribution in [-0.4, -0.2) is 37.6 Å². The Kier molecular flexibility index (Phi) is 5.53. The van der Waals surface area contributed by atoms with Crippen molar-refractivity contribution in [2.75, 3.05) is 26.8 Å². The van der Waals surface area contributed by atoms with Crippen LogP contribution in [0.3, 0.4) is 0 Å². The van der Waals surface area contributed by atoms with Crippen LogP contribution in [0.25, 0.3) is 0 Å². The van der Waals surface area contributed by atoms with Crippen LogP contribution in [0.15, 0.2) is 53.0 Å². The number of nitrogens with zero attached hydrogens (tertiary/aromatic N) is 1. The molecule has 1 unspecified atom stereocenters. The van der Waals surface area contributed by atoms with Crippen molar-refractivity contribution in [1.29, 1.82) is 0 Å². The van der Waals surface area contributed by atoms with E-state index in [4.69, 9.17) is 9.47 Å². The van der Waals surface area contributed by atoms with E-state index in [2.05, 4.69) is 15.9 Å². The second kappa shape index (κ2) is 7.81. The van der Waals surface area contributed by atoms with E-state index in [9.17, 15) is 4.79 Å². The van der Waals surface area contributed by atoms with Crippen molar-refractivity contribution in [2.45, 2.75) is 12.5 Å². The van der Waals surface area contributed by atoms with Crippen LogP contribution >= 0.6 is 15.9 Å². The van der Waals surface area contributed by atoms with E-state index in [1.54, 1.807) is 7.11 Å². The van der Waals surface area contributed by atoms with Crippen LogP contribution < -0.4 is 4.74 Å². The highest BCUT2D eigenvalue weighted by Gasteiger charge is 2.25. The maximum absolute atomic E-state index is 12.7. The third-order valence-electron chi connectivity index (χ3n) is 4.20. The van der Waals surface area contributed by atoms with Gasteiger partial charge in [-0.15, -0.1) is 0 Å². The van der Waals surface area contributed by atoms with Crippen molar-refractivity contribution in [3.05, 3.63) is 64.1 Å². The van der Waals surface area contributed by atoms with Crippen LogP contribution in [0.5, 0.6) is 5.75 Å². The second-order valence-corrected chi connectivity index (χ2v) is 6.66. The van der Waals surface area contributed by atoms with Crippen molar-refractivity contribution in [1.82, 2.24) is 4.90 Å². The maximum Gasteiger partial charge on any atom is 0.227 e. The molecule has 0 aromatic heterocycles. The number of benzene rings is 2. The Morgan fingerprint density at radius 2 is 2.00 bits per heavy atom. The molecule has 1 atom stereocenters. The Labute approximate surface area is 150 Å². The molecule has 1 saturated heterocycles. The third-order valence-corrected chi connectivity index (χ3v) is 4.72. The van der Waals surface area contributed by atoms with Gasteiger partial charge in [-0.2, -0.15) is 0 Å². The minimum Gasteiger partial charge on any atom is -0.496 e. The minimum absolute atomic E-state index is 0.0755. The molecule has 24 heavy (non-hydrogen) atoms. The van der Waals surface area contributed by atoms with Gasteiger partial charge in [-0.3, -0.25) is 4.79 Å². The molecule has 5 heteroatoms. The quantitative estimate of drug-likeness (QED) is 0.801. The molecular formula is C19H20BrNO3. The summed E-state index contributed by atoms with van der Waals surface area (Å²) in [4.78, 5) is 14.6. The summed E-state index contributed by atoms with van der Waals surface area (Å²) in [6.45, 7) is 1.76. The number of carbonyl (C=O) groups is 1. The Morgan fingerprint density at radius 3 is 2.75 bits per heavy atom. The zero-order valence-corrected chi connectivity index (χ0v) is 15.2. The lowest BCUT2D eigenvalue weighted by Crippen LogP contribution is -2.43. The zero-order chi connectivity index (χ0) is 16.9. The zero-order valence-electron chi connectivity index (χ0n) is 13.6. The van der Waals surface area contributed by atoms with Gasteiger partial charge in [0.2, 0.25) is 5.91 Å². The van der Waals surface area contributed by atoms with Crippen LogP contribution in [0.4, 0.5) is 0 Å². The summed E-state index contributed by atoms with van der Waals surface area (Å²) >= 11 is 3.44. The lowest BCUT2D eigenvalue weighted by Gasteiger charge is -2.33. The summed E-state index contributed by atoms with van der Waals surface area (Å²) in [7, 11) is 1.63. The number of ether oxygens (including phenoxy) is 2. The lowest BCUT2D eigenvalue weighted by molar-refractivity contribution is -0.138. The summed E-state index contributed by atoms with van der Waals surface area (Å²) in [5.41, 5.74) is 2.00. The molecule has 2 aromatic rings. The van der Waals surface area contributed by atoms with E-state index in [0.29, 0.717) is 26.1 Å². The number of halogens is 1. The lowest BCUT2D eigenvalue weighted by atomic mass is 10.1. The molecule has 1 heterocycles. The molecule has 4 nitrogen and oxygen atoms in total. The normalized spacial score (nSPS) is 17.6. The van der Waals surface area contributed by atoms with E-state index in [1.807, 2.05) is 53.4 Å². The standard InChI is InChI=1S/C19H20BrNO3/c1-23-17-5-3-2-4-15(17)12-19(22)21-10-11-24-18(13-21)14-6-8-16(20)9-7-14/h2-9,18H,10-13H2,1H3. The molecule has 0 spiro atoms. The fourth-order valence-electron chi connectivity index (χ4n) is 2.88. The van der Waals surface area contributed by atoms with Gasteiger partial charge in [0.25, 0.3) is 0 Å². The van der Waals surface area contributed by atoms with Crippen LogP contribution in [-0.2, 0) is 16.0 Å². The van der Waals surface area contributed by atoms with Gasteiger partial charge in [0.15, 0.2) is 0 Å². The Bertz CT molecular complexity index is 702. The average molecular weight is 390 g/mol. The van der Waals surface area contributed by atoms with Crippen molar-refractivity contribution in [3.63, 3.8) is 0 Å². The Hall–Kier alpha value is -1.85. The molecule has 126 valence electrons. The van der Waals surface area contributed by atoms with Gasteiger partial charge < -0.3 is 14.4 Å². The predicted molar refractivity (Wildman–Crippen MR) is 96.1 cm³/mol. The number of amides is 1. The highest BCUT2D eigenvalue weighted by atomic mass is 79.9. The average Bonchev–Trinajstić information content (AvgIpc) is 2.63. The van der Waals surface area contributed by atoms with Gasteiger partial charge in [0.1, 0.15) is 11.9 Å². The van der Waals surface area contributed by atoms with Gasteiger partial charge in [-0.05, 0) is 23.8 Å². The van der Waals surface area contributed by atoms with Crippen LogP contribution in [0.1, 0.15) is 17.2 Å². The molecule has 1 amide bonds. The molecule has 1 aliphatic heterocycles. The summed E-state index contributed by atoms with van der Waals surface area (Å²) in [5, 5.41) is 0. The first-order valence-electron chi connectivity index (χ1n) is 7.94. The molecule has 0 saturated carbocycles. The first-order valence-corrected chi connectivity index (χ1v) is 8.73. The minimum atomic E-state index is -0.0755. The maximum atomic E-state index is 12.7. The van der Waals surface area contributed by atoms with Gasteiger partial charge in [0.05, 0.1) is 26.7 Å². The first kappa shape index (κ1) is 17.0. The third kappa shape index (κ3) is 3.97. The Morgan fingerprint density at radius 1 is 1.25 bits per heavy atom. The summed E-state index contributed by atoms with van der Waals surface area (Å²) in [6, 6.07) is 15.7. The summed E-state index contributed by atoms with van der Waals surface area (Å²) in [6.07, 6.45) is 0.269. The molecule has 0 aliphatic carbocycles. The SMILES string of the molecule is COc1ccccc1CC(=O)N1CCOC(c2ccc(Br)cc2)C1. The van der Waals surface area contributed by atoms with E-state index in [-0.39, 0.29) is 12.0 Å². The van der Waals surface area contributed by atoms with Gasteiger partial charge in [0, 0.05) is 16.6 Å². The highest BCUT2D eigenvalue weighted by Crippen LogP contribution is 2.25. The van der Waals surface area contributed by atoms with E-state index < -0.39 is 0 Å². The van der Waals surface area contributed by atoms with Gasteiger partial charge in [-0.1, -0.05) is 46.3 Å². The molecule has 0 bridgehead atoms. The molecule has 1 fully saturated rings. The molecule has 1 aliphatic rings. The molecule has 2 aromatic carbocycles. The van der Waals surface area contributed by atoms with Crippen molar-refractivity contribution in [3.8, 4) is 5.75 Å².